The third-order valence-corrected chi connectivity index (χ3v) is 5.22. The Balaban J connectivity index is 1.90. The van der Waals surface area contributed by atoms with Crippen LogP contribution >= 0.6 is 24.0 Å². The van der Waals surface area contributed by atoms with Crippen LogP contribution in [0.1, 0.15) is 18.1 Å². The van der Waals surface area contributed by atoms with Gasteiger partial charge in [-0.05, 0) is 12.5 Å². The number of hydrogen-bond donors (Lipinski definition) is 0. The van der Waals surface area contributed by atoms with Crippen LogP contribution in [0.2, 0.25) is 0 Å². The van der Waals surface area contributed by atoms with Crippen molar-refractivity contribution in [2.45, 2.75) is 18.9 Å². The van der Waals surface area contributed by atoms with Gasteiger partial charge in [0, 0.05) is 12.0 Å². The van der Waals surface area contributed by atoms with E-state index in [-0.39, 0.29) is 5.54 Å². The van der Waals surface area contributed by atoms with Crippen molar-refractivity contribution in [1.82, 2.24) is 0 Å². The average molecular weight is 297 g/mol. The Morgan fingerprint density at radius 1 is 1.00 bits per heavy atom. The molecule has 0 amide bonds. The molecule has 3 heteroatoms. The average Bonchev–Trinajstić information content (AvgIpc) is 2.77. The highest BCUT2D eigenvalue weighted by molar-refractivity contribution is 8.34. The lowest BCUT2D eigenvalue weighted by Gasteiger charge is -2.20. The van der Waals surface area contributed by atoms with Crippen LogP contribution in [0.4, 0.5) is 0 Å². The number of aliphatic imine (C=N–C) groups is 1. The Bertz CT molecular complexity index is 649. The molecule has 0 aromatic heterocycles. The van der Waals surface area contributed by atoms with E-state index in [9.17, 15) is 0 Å². The maximum absolute atomic E-state index is 5.58. The fourth-order valence-electron chi connectivity index (χ4n) is 2.30. The first-order valence-corrected chi connectivity index (χ1v) is 7.81. The van der Waals surface area contributed by atoms with Gasteiger partial charge < -0.3 is 0 Å². The van der Waals surface area contributed by atoms with Crippen LogP contribution in [0.3, 0.4) is 0 Å². The van der Waals surface area contributed by atoms with Gasteiger partial charge in [0.25, 0.3) is 0 Å². The molecule has 1 heterocycles. The quantitative estimate of drug-likeness (QED) is 0.773. The smallest absolute Gasteiger partial charge is 0.105 e. The minimum absolute atomic E-state index is 0.285. The molecule has 2 aromatic carbocycles. The van der Waals surface area contributed by atoms with E-state index >= 15 is 0 Å². The number of thioether (sulfide) groups is 1. The molecule has 0 radical (unpaired) electrons. The number of rotatable bonds is 3. The van der Waals surface area contributed by atoms with Crippen LogP contribution in [0.5, 0.6) is 0 Å². The summed E-state index contributed by atoms with van der Waals surface area (Å²) in [5, 5.41) is 1.04. The molecule has 1 aliphatic rings. The Morgan fingerprint density at radius 2 is 1.60 bits per heavy atom. The molecule has 1 nitrogen and oxygen atoms in total. The molecule has 0 aliphatic carbocycles. The first-order valence-electron chi connectivity index (χ1n) is 6.59. The highest BCUT2D eigenvalue weighted by atomic mass is 32.2. The molecule has 1 atom stereocenters. The zero-order valence-corrected chi connectivity index (χ0v) is 12.9. The van der Waals surface area contributed by atoms with Gasteiger partial charge in [0.2, 0.25) is 0 Å². The zero-order chi connectivity index (χ0) is 14.0. The van der Waals surface area contributed by atoms with E-state index in [1.54, 1.807) is 11.8 Å². The SMILES string of the molecule is C[C@]1(Cc2ccccc2)N=C(c2ccccc2)SC1=S. The second kappa shape index (κ2) is 5.51. The summed E-state index contributed by atoms with van der Waals surface area (Å²) in [4.78, 5) is 4.90. The van der Waals surface area contributed by atoms with Crippen molar-refractivity contribution in [3.63, 3.8) is 0 Å². The molecule has 1 aliphatic heterocycles. The summed E-state index contributed by atoms with van der Waals surface area (Å²) in [6, 6.07) is 20.7. The third-order valence-electron chi connectivity index (χ3n) is 3.39. The molecule has 0 saturated carbocycles. The van der Waals surface area contributed by atoms with E-state index < -0.39 is 0 Å². The molecule has 3 rings (SSSR count). The number of thiocarbonyl (C=S) groups is 1. The maximum atomic E-state index is 5.58. The Labute approximate surface area is 129 Å². The molecule has 20 heavy (non-hydrogen) atoms. The minimum Gasteiger partial charge on any atom is -0.265 e. The summed E-state index contributed by atoms with van der Waals surface area (Å²) in [5.41, 5.74) is 2.14. The predicted octanol–water partition coefficient (Wildman–Crippen LogP) is 4.51. The van der Waals surface area contributed by atoms with E-state index in [1.165, 1.54) is 5.56 Å². The molecule has 0 fully saturated rings. The molecule has 0 bridgehead atoms. The van der Waals surface area contributed by atoms with Gasteiger partial charge in [-0.25, -0.2) is 0 Å². The van der Waals surface area contributed by atoms with Crippen LogP contribution in [0.25, 0.3) is 0 Å². The van der Waals surface area contributed by atoms with E-state index in [0.717, 1.165) is 21.2 Å². The van der Waals surface area contributed by atoms with E-state index in [4.69, 9.17) is 17.2 Å². The molecule has 0 N–H and O–H groups in total. The Kier molecular flexibility index (Phi) is 3.72. The van der Waals surface area contributed by atoms with E-state index in [0.29, 0.717) is 0 Å². The standard InChI is InChI=1S/C17H15NS2/c1-17(12-13-8-4-2-5-9-13)16(19)20-15(18-17)14-10-6-3-7-11-14/h2-11H,12H2,1H3/t17-/m1/s1. The number of nitrogens with zero attached hydrogens (tertiary/aromatic N) is 1. The van der Waals surface area contributed by atoms with Gasteiger partial charge in [0.05, 0.1) is 4.20 Å². The van der Waals surface area contributed by atoms with Crippen molar-refractivity contribution >= 4 is 33.2 Å². The molecular weight excluding hydrogens is 282 g/mol. The topological polar surface area (TPSA) is 12.4 Å². The Morgan fingerprint density at radius 3 is 2.25 bits per heavy atom. The minimum atomic E-state index is -0.285. The molecule has 0 saturated heterocycles. The van der Waals surface area contributed by atoms with Crippen LogP contribution in [0.15, 0.2) is 65.7 Å². The molecule has 100 valence electrons. The van der Waals surface area contributed by atoms with Gasteiger partial charge in [-0.2, -0.15) is 0 Å². The predicted molar refractivity (Wildman–Crippen MR) is 91.7 cm³/mol. The van der Waals surface area contributed by atoms with Gasteiger partial charge in [-0.15, -0.1) is 0 Å². The molecule has 2 aromatic rings. The second-order valence-corrected chi connectivity index (χ2v) is 6.77. The maximum Gasteiger partial charge on any atom is 0.105 e. The molecular formula is C17H15NS2. The first kappa shape index (κ1) is 13.5. The van der Waals surface area contributed by atoms with Crippen molar-refractivity contribution in [3.8, 4) is 0 Å². The number of hydrogen-bond acceptors (Lipinski definition) is 3. The third kappa shape index (κ3) is 2.69. The van der Waals surface area contributed by atoms with E-state index in [1.807, 2.05) is 24.3 Å². The fraction of sp³-hybridized carbons (Fsp3) is 0.176. The monoisotopic (exact) mass is 297 g/mol. The van der Waals surface area contributed by atoms with Crippen molar-refractivity contribution < 1.29 is 0 Å². The normalized spacial score (nSPS) is 21.9. The highest BCUT2D eigenvalue weighted by Crippen LogP contribution is 2.36. The summed E-state index contributed by atoms with van der Waals surface area (Å²) in [6.45, 7) is 2.13. The second-order valence-electron chi connectivity index (χ2n) is 5.11. The lowest BCUT2D eigenvalue weighted by Crippen LogP contribution is -2.29. The van der Waals surface area contributed by atoms with Crippen molar-refractivity contribution in [3.05, 3.63) is 71.8 Å². The van der Waals surface area contributed by atoms with E-state index in [2.05, 4.69) is 43.3 Å². The van der Waals surface area contributed by atoms with Crippen LogP contribution in [-0.4, -0.2) is 14.8 Å². The van der Waals surface area contributed by atoms with Crippen molar-refractivity contribution in [2.24, 2.45) is 4.99 Å². The largest absolute Gasteiger partial charge is 0.265 e. The molecule has 0 unspecified atom stereocenters. The Hall–Kier alpha value is -1.45. The lowest BCUT2D eigenvalue weighted by molar-refractivity contribution is 0.646. The summed E-state index contributed by atoms with van der Waals surface area (Å²) in [5.74, 6) is 0. The zero-order valence-electron chi connectivity index (χ0n) is 11.2. The van der Waals surface area contributed by atoms with Crippen LogP contribution < -0.4 is 0 Å². The summed E-state index contributed by atoms with van der Waals surface area (Å²) in [7, 11) is 0. The summed E-state index contributed by atoms with van der Waals surface area (Å²) in [6.07, 6.45) is 0.857. The van der Waals surface area contributed by atoms with Gasteiger partial charge in [-0.1, -0.05) is 84.6 Å². The van der Waals surface area contributed by atoms with Gasteiger partial charge in [0.15, 0.2) is 0 Å². The lowest BCUT2D eigenvalue weighted by atomic mass is 9.95. The van der Waals surface area contributed by atoms with Gasteiger partial charge in [0.1, 0.15) is 10.6 Å². The summed E-state index contributed by atoms with van der Waals surface area (Å²) >= 11 is 7.20. The highest BCUT2D eigenvalue weighted by Gasteiger charge is 2.36. The fourth-order valence-corrected chi connectivity index (χ4v) is 3.67. The number of benzene rings is 2. The molecule has 0 spiro atoms. The van der Waals surface area contributed by atoms with Crippen molar-refractivity contribution in [2.75, 3.05) is 0 Å². The van der Waals surface area contributed by atoms with Crippen LogP contribution in [0, 0.1) is 0 Å². The first-order chi connectivity index (χ1) is 9.67. The van der Waals surface area contributed by atoms with Crippen LogP contribution in [-0.2, 0) is 6.42 Å². The van der Waals surface area contributed by atoms with Gasteiger partial charge >= 0.3 is 0 Å². The summed E-state index contributed by atoms with van der Waals surface area (Å²) < 4.78 is 0.959. The van der Waals surface area contributed by atoms with Crippen molar-refractivity contribution in [1.29, 1.82) is 0 Å². The van der Waals surface area contributed by atoms with Gasteiger partial charge in [-0.3, -0.25) is 4.99 Å².